The van der Waals surface area contributed by atoms with Crippen LogP contribution >= 0.6 is 23.4 Å². The molecule has 1 amide bonds. The average molecular weight is 286 g/mol. The lowest BCUT2D eigenvalue weighted by atomic mass is 10.2. The van der Waals surface area contributed by atoms with Crippen molar-refractivity contribution in [1.29, 1.82) is 0 Å². The summed E-state index contributed by atoms with van der Waals surface area (Å²) in [5, 5.41) is 3.48. The number of carbonyl (C=O) groups excluding carboxylic acids is 2. The van der Waals surface area contributed by atoms with Gasteiger partial charge in [-0.25, -0.2) is 0 Å². The Morgan fingerprint density at radius 1 is 1.39 bits per heavy atom. The number of carbonyl (C=O) groups is 2. The molecule has 98 valence electrons. The smallest absolute Gasteiger partial charge is 0.234 e. The van der Waals surface area contributed by atoms with Gasteiger partial charge in [0.1, 0.15) is 5.78 Å². The first-order valence-corrected chi connectivity index (χ1v) is 7.15. The zero-order chi connectivity index (χ0) is 13.5. The van der Waals surface area contributed by atoms with E-state index in [0.29, 0.717) is 22.9 Å². The zero-order valence-corrected chi connectivity index (χ0v) is 12.0. The van der Waals surface area contributed by atoms with E-state index in [1.54, 1.807) is 25.1 Å². The molecule has 0 heterocycles. The Kier molecular flexibility index (Phi) is 6.22. The van der Waals surface area contributed by atoms with Crippen LogP contribution in [0.2, 0.25) is 5.02 Å². The molecule has 0 spiro atoms. The average Bonchev–Trinajstić information content (AvgIpc) is 2.28. The third-order valence-corrected chi connectivity index (χ3v) is 3.49. The number of ketones is 1. The van der Waals surface area contributed by atoms with Crippen LogP contribution in [0.15, 0.2) is 18.2 Å². The summed E-state index contributed by atoms with van der Waals surface area (Å²) < 4.78 is 0. The molecule has 1 aromatic rings. The molecule has 1 aromatic carbocycles. The van der Waals surface area contributed by atoms with Crippen LogP contribution in [0, 0.1) is 6.92 Å². The molecular weight excluding hydrogens is 270 g/mol. The van der Waals surface area contributed by atoms with Crippen molar-refractivity contribution in [2.24, 2.45) is 0 Å². The number of halogens is 1. The van der Waals surface area contributed by atoms with Crippen LogP contribution in [-0.2, 0) is 9.59 Å². The van der Waals surface area contributed by atoms with Gasteiger partial charge in [0.05, 0.1) is 5.75 Å². The van der Waals surface area contributed by atoms with Crippen molar-refractivity contribution < 1.29 is 9.59 Å². The van der Waals surface area contributed by atoms with Crippen molar-refractivity contribution in [3.8, 4) is 0 Å². The molecule has 18 heavy (non-hydrogen) atoms. The third-order valence-electron chi connectivity index (χ3n) is 2.29. The first kappa shape index (κ1) is 15.1. The molecule has 1 N–H and O–H groups in total. The monoisotopic (exact) mass is 285 g/mol. The molecule has 0 aliphatic carbocycles. The van der Waals surface area contributed by atoms with Crippen molar-refractivity contribution >= 4 is 40.7 Å². The van der Waals surface area contributed by atoms with Gasteiger partial charge in [0.25, 0.3) is 0 Å². The SMILES string of the molecule is CC(=O)CCSCC(=O)Nc1ccc(Cl)cc1C. The topological polar surface area (TPSA) is 46.2 Å². The van der Waals surface area contributed by atoms with Crippen LogP contribution in [0.3, 0.4) is 0 Å². The summed E-state index contributed by atoms with van der Waals surface area (Å²) in [5.41, 5.74) is 1.71. The second-order valence-corrected chi connectivity index (χ2v) is 5.55. The number of thioether (sulfide) groups is 1. The normalized spacial score (nSPS) is 10.2. The predicted octanol–water partition coefficient (Wildman–Crippen LogP) is 3.30. The molecule has 3 nitrogen and oxygen atoms in total. The molecule has 0 unspecified atom stereocenters. The number of anilines is 1. The predicted molar refractivity (Wildman–Crippen MR) is 77.4 cm³/mol. The first-order valence-electron chi connectivity index (χ1n) is 5.62. The van der Waals surface area contributed by atoms with E-state index in [-0.39, 0.29) is 11.7 Å². The lowest BCUT2D eigenvalue weighted by Crippen LogP contribution is -2.15. The van der Waals surface area contributed by atoms with Crippen LogP contribution < -0.4 is 5.32 Å². The van der Waals surface area contributed by atoms with E-state index in [9.17, 15) is 9.59 Å². The molecule has 0 aliphatic rings. The number of amides is 1. The summed E-state index contributed by atoms with van der Waals surface area (Å²) in [4.78, 5) is 22.4. The van der Waals surface area contributed by atoms with Crippen LogP contribution in [0.4, 0.5) is 5.69 Å². The van der Waals surface area contributed by atoms with E-state index < -0.39 is 0 Å². The van der Waals surface area contributed by atoms with Crippen LogP contribution in [0.1, 0.15) is 18.9 Å². The molecule has 0 saturated carbocycles. The minimum Gasteiger partial charge on any atom is -0.325 e. The second-order valence-electron chi connectivity index (χ2n) is 4.01. The Hall–Kier alpha value is -1.00. The standard InChI is InChI=1S/C13H16ClNO2S/c1-9-7-11(14)3-4-12(9)15-13(17)8-18-6-5-10(2)16/h3-4,7H,5-6,8H2,1-2H3,(H,15,17). The maximum absolute atomic E-state index is 11.6. The zero-order valence-electron chi connectivity index (χ0n) is 10.5. The van der Waals surface area contributed by atoms with Gasteiger partial charge >= 0.3 is 0 Å². The Morgan fingerprint density at radius 3 is 2.72 bits per heavy atom. The van der Waals surface area contributed by atoms with Gasteiger partial charge in [-0.15, -0.1) is 0 Å². The number of Topliss-reactive ketones (excluding diaryl/α,β-unsaturated/α-hetero) is 1. The Morgan fingerprint density at radius 2 is 2.11 bits per heavy atom. The highest BCUT2D eigenvalue weighted by atomic mass is 35.5. The minimum absolute atomic E-state index is 0.0611. The van der Waals surface area contributed by atoms with E-state index >= 15 is 0 Å². The summed E-state index contributed by atoms with van der Waals surface area (Å²) in [5.74, 6) is 1.13. The number of benzene rings is 1. The summed E-state index contributed by atoms with van der Waals surface area (Å²) in [6, 6.07) is 5.34. The van der Waals surface area contributed by atoms with Gasteiger partial charge in [-0.3, -0.25) is 9.59 Å². The highest BCUT2D eigenvalue weighted by Gasteiger charge is 2.05. The molecule has 5 heteroatoms. The number of hydrogen-bond donors (Lipinski definition) is 1. The van der Waals surface area contributed by atoms with Gasteiger partial charge in [0, 0.05) is 22.9 Å². The number of hydrogen-bond acceptors (Lipinski definition) is 3. The highest BCUT2D eigenvalue weighted by Crippen LogP contribution is 2.19. The minimum atomic E-state index is -0.0611. The molecule has 0 aromatic heterocycles. The molecule has 0 atom stereocenters. The Bertz CT molecular complexity index is 449. The van der Waals surface area contributed by atoms with Crippen molar-refractivity contribution in [3.05, 3.63) is 28.8 Å². The largest absolute Gasteiger partial charge is 0.325 e. The summed E-state index contributed by atoms with van der Waals surface area (Å²) in [6.45, 7) is 3.45. The van der Waals surface area contributed by atoms with E-state index in [0.717, 1.165) is 11.3 Å². The van der Waals surface area contributed by atoms with Gasteiger partial charge in [-0.05, 0) is 37.6 Å². The quantitative estimate of drug-likeness (QED) is 0.816. The van der Waals surface area contributed by atoms with Crippen LogP contribution in [0.5, 0.6) is 0 Å². The first-order chi connectivity index (χ1) is 8.49. The summed E-state index contributed by atoms with van der Waals surface area (Å²) in [7, 11) is 0. The van der Waals surface area contributed by atoms with Gasteiger partial charge in [-0.2, -0.15) is 11.8 Å². The maximum atomic E-state index is 11.6. The third kappa shape index (κ3) is 5.56. The van der Waals surface area contributed by atoms with E-state index in [1.165, 1.54) is 11.8 Å². The van der Waals surface area contributed by atoms with E-state index in [2.05, 4.69) is 5.32 Å². The van der Waals surface area contributed by atoms with Gasteiger partial charge in [-0.1, -0.05) is 11.6 Å². The number of aryl methyl sites for hydroxylation is 1. The van der Waals surface area contributed by atoms with Crippen molar-refractivity contribution in [2.45, 2.75) is 20.3 Å². The lowest BCUT2D eigenvalue weighted by molar-refractivity contribution is -0.116. The van der Waals surface area contributed by atoms with Crippen molar-refractivity contribution in [3.63, 3.8) is 0 Å². The van der Waals surface area contributed by atoms with Crippen LogP contribution in [-0.4, -0.2) is 23.2 Å². The van der Waals surface area contributed by atoms with Gasteiger partial charge in [0.2, 0.25) is 5.91 Å². The number of nitrogens with one attached hydrogen (secondary N) is 1. The molecule has 0 aliphatic heterocycles. The molecular formula is C13H16ClNO2S. The Labute approximate surface area is 116 Å². The van der Waals surface area contributed by atoms with Gasteiger partial charge < -0.3 is 5.32 Å². The van der Waals surface area contributed by atoms with Crippen molar-refractivity contribution in [2.75, 3.05) is 16.8 Å². The lowest BCUT2D eigenvalue weighted by Gasteiger charge is -2.08. The van der Waals surface area contributed by atoms with Gasteiger partial charge in [0.15, 0.2) is 0 Å². The molecule has 0 saturated heterocycles. The molecule has 1 rings (SSSR count). The fraction of sp³-hybridized carbons (Fsp3) is 0.385. The highest BCUT2D eigenvalue weighted by molar-refractivity contribution is 7.99. The van der Waals surface area contributed by atoms with E-state index in [4.69, 9.17) is 11.6 Å². The fourth-order valence-electron chi connectivity index (χ4n) is 1.33. The molecule has 0 bridgehead atoms. The summed E-state index contributed by atoms with van der Waals surface area (Å²) in [6.07, 6.45) is 0.512. The maximum Gasteiger partial charge on any atom is 0.234 e. The van der Waals surface area contributed by atoms with Crippen LogP contribution in [0.25, 0.3) is 0 Å². The van der Waals surface area contributed by atoms with E-state index in [1.807, 2.05) is 6.92 Å². The van der Waals surface area contributed by atoms with Crippen molar-refractivity contribution in [1.82, 2.24) is 0 Å². The number of rotatable bonds is 6. The molecule has 0 fully saturated rings. The Balaban J connectivity index is 2.38. The summed E-state index contributed by atoms with van der Waals surface area (Å²) >= 11 is 7.30. The fourth-order valence-corrected chi connectivity index (χ4v) is 2.39. The molecule has 0 radical (unpaired) electrons. The second kappa shape index (κ2) is 7.44.